The van der Waals surface area contributed by atoms with E-state index in [4.69, 9.17) is 9.47 Å². The Morgan fingerprint density at radius 3 is 1.32 bits per heavy atom. The number of nitrogens with zero attached hydrogens (tertiary/aromatic N) is 2. The van der Waals surface area contributed by atoms with Gasteiger partial charge < -0.3 is 37.8 Å². The van der Waals surface area contributed by atoms with Gasteiger partial charge in [-0.1, -0.05) is 0 Å². The van der Waals surface area contributed by atoms with Gasteiger partial charge in [-0.25, -0.2) is 9.59 Å². The number of carbonyl (C=O) groups is 2. The van der Waals surface area contributed by atoms with Gasteiger partial charge in [0.15, 0.2) is 0 Å². The molecular formula is C22H46N2O8P2+2. The fourth-order valence-electron chi connectivity index (χ4n) is 2.88. The lowest BCUT2D eigenvalue weighted by atomic mass is 10.3. The molecule has 0 aromatic carbocycles. The zero-order chi connectivity index (χ0) is 26.4. The minimum absolute atomic E-state index is 0.0967. The molecule has 0 saturated heterocycles. The number of aliphatic hydroxyl groups excluding tert-OH is 2. The molecule has 0 aliphatic carbocycles. The molecule has 0 heterocycles. The molecular weight excluding hydrogens is 482 g/mol. The fraction of sp³-hybridized carbons (Fsp3) is 0.818. The Balaban J connectivity index is 4.63. The topological polar surface area (TPSA) is 127 Å². The predicted molar refractivity (Wildman–Crippen MR) is 136 cm³/mol. The predicted octanol–water partition coefficient (Wildman–Crippen LogP) is 0.663. The van der Waals surface area contributed by atoms with Gasteiger partial charge in [-0.3, -0.25) is 0 Å². The van der Waals surface area contributed by atoms with Crippen LogP contribution in [0.25, 0.3) is 0 Å². The van der Waals surface area contributed by atoms with Gasteiger partial charge in [0.2, 0.25) is 0 Å². The molecule has 0 rings (SSSR count). The summed E-state index contributed by atoms with van der Waals surface area (Å²) in [6.07, 6.45) is 3.39. The van der Waals surface area contributed by atoms with Gasteiger partial charge in [-0.2, -0.15) is 0 Å². The summed E-state index contributed by atoms with van der Waals surface area (Å²) in [5, 5.41) is 18.5. The quantitative estimate of drug-likeness (QED) is 0.115. The maximum atomic E-state index is 12.6. The molecule has 0 fully saturated rings. The van der Waals surface area contributed by atoms with Crippen LogP contribution in [0, 0.1) is 0 Å². The molecule has 0 bridgehead atoms. The summed E-state index contributed by atoms with van der Waals surface area (Å²) in [7, 11) is 7.85. The molecule has 0 amide bonds. The molecule has 2 N–H and O–H groups in total. The van der Waals surface area contributed by atoms with Crippen molar-refractivity contribution in [2.45, 2.75) is 24.2 Å². The van der Waals surface area contributed by atoms with Crippen LogP contribution in [-0.2, 0) is 28.2 Å². The lowest BCUT2D eigenvalue weighted by Crippen LogP contribution is -2.37. The van der Waals surface area contributed by atoms with E-state index >= 15 is 0 Å². The van der Waals surface area contributed by atoms with Gasteiger partial charge in [0, 0.05) is 49.0 Å². The van der Waals surface area contributed by atoms with Gasteiger partial charge >= 0.3 is 11.9 Å². The van der Waals surface area contributed by atoms with E-state index in [0.29, 0.717) is 34.4 Å². The molecule has 34 heavy (non-hydrogen) atoms. The highest BCUT2D eigenvalue weighted by molar-refractivity contribution is 7.45. The molecule has 0 aliphatic rings. The van der Waals surface area contributed by atoms with Crippen molar-refractivity contribution in [1.82, 2.24) is 0 Å². The average Bonchev–Trinajstić information content (AvgIpc) is 2.73. The third-order valence-electron chi connectivity index (χ3n) is 5.13. The number of aliphatic hydroxyl groups is 2. The largest absolute Gasteiger partial charge is 0.462 e. The highest BCUT2D eigenvalue weighted by Gasteiger charge is 2.22. The van der Waals surface area contributed by atoms with E-state index in [9.17, 15) is 28.9 Å². The van der Waals surface area contributed by atoms with Crippen molar-refractivity contribution >= 4 is 27.5 Å². The summed E-state index contributed by atoms with van der Waals surface area (Å²) >= 11 is 0. The van der Waals surface area contributed by atoms with Crippen molar-refractivity contribution in [2.75, 3.05) is 94.1 Å². The Morgan fingerprint density at radius 2 is 1.06 bits per heavy atom. The van der Waals surface area contributed by atoms with Gasteiger partial charge in [-0.05, 0) is 12.8 Å². The number of rotatable bonds is 18. The number of ether oxygens (including phenoxy) is 2. The second-order valence-corrected chi connectivity index (χ2v) is 15.0. The van der Waals surface area contributed by atoms with Crippen LogP contribution in [0.15, 0.2) is 12.2 Å². The molecule has 0 aromatic rings. The molecule has 4 unspecified atom stereocenters. The Morgan fingerprint density at radius 1 is 0.735 bits per heavy atom. The monoisotopic (exact) mass is 528 g/mol. The first-order valence-electron chi connectivity index (χ1n) is 11.6. The van der Waals surface area contributed by atoms with Crippen LogP contribution in [0.1, 0.15) is 12.8 Å². The van der Waals surface area contributed by atoms with Crippen LogP contribution < -0.4 is 0 Å². The van der Waals surface area contributed by atoms with E-state index in [2.05, 4.69) is 0 Å². The van der Waals surface area contributed by atoms with Gasteiger partial charge in [-0.15, -0.1) is 0 Å². The SMILES string of the molecule is C[N+](C)(C)CC[PH](=O)C(CCO)COC(=O)/C=C\C(=O)OCC(CCO)[PH](=O)CC[N+](C)(C)C. The molecule has 0 radical (unpaired) electrons. The van der Waals surface area contributed by atoms with E-state index in [1.165, 1.54) is 0 Å². The summed E-state index contributed by atoms with van der Waals surface area (Å²) in [5.74, 6) is -1.55. The highest BCUT2D eigenvalue weighted by Crippen LogP contribution is 2.31. The normalized spacial score (nSPS) is 16.1. The summed E-state index contributed by atoms with van der Waals surface area (Å²) in [4.78, 5) is 23.9. The lowest BCUT2D eigenvalue weighted by Gasteiger charge is -2.25. The summed E-state index contributed by atoms with van der Waals surface area (Å²) in [5.41, 5.74) is -0.844. The Labute approximate surface area is 205 Å². The van der Waals surface area contributed by atoms with Crippen molar-refractivity contribution in [3.8, 4) is 0 Å². The number of carbonyl (C=O) groups excluding carboxylic acids is 2. The summed E-state index contributed by atoms with van der Waals surface area (Å²) in [6.45, 7) is 0.911. The maximum absolute atomic E-state index is 12.6. The molecule has 4 atom stereocenters. The van der Waals surface area contributed by atoms with Crippen molar-refractivity contribution in [3.63, 3.8) is 0 Å². The number of hydrogen-bond donors (Lipinski definition) is 2. The summed E-state index contributed by atoms with van der Waals surface area (Å²) in [6, 6.07) is 0. The first-order chi connectivity index (χ1) is 15.7. The molecule has 0 aliphatic heterocycles. The number of hydrogen-bond acceptors (Lipinski definition) is 8. The third kappa shape index (κ3) is 17.4. The molecule has 10 nitrogen and oxygen atoms in total. The van der Waals surface area contributed by atoms with Crippen molar-refractivity contribution in [3.05, 3.63) is 12.2 Å². The second kappa shape index (κ2) is 16.6. The number of quaternary nitrogens is 2. The van der Waals surface area contributed by atoms with Crippen LogP contribution in [0.3, 0.4) is 0 Å². The third-order valence-corrected chi connectivity index (χ3v) is 9.30. The Hall–Kier alpha value is -1.02. The minimum Gasteiger partial charge on any atom is -0.462 e. The standard InChI is InChI=1S/C22H46N2O8P2/c1-23(2,3)11-15-33(29)19(9-13-25)17-31-21(27)7-8-22(28)32-18-20(10-14-26)34(30)16-12-24(4,5)6/h7-8,19-20,25-26,33-34H,9-18H2,1-6H3/q+2/b8-7-. The first kappa shape index (κ1) is 33.0. The fourth-order valence-corrected chi connectivity index (χ4v) is 6.92. The van der Waals surface area contributed by atoms with Crippen molar-refractivity contribution in [2.24, 2.45) is 0 Å². The van der Waals surface area contributed by atoms with Crippen molar-refractivity contribution in [1.29, 1.82) is 0 Å². The van der Waals surface area contributed by atoms with Crippen LogP contribution in [-0.4, -0.2) is 137 Å². The molecule has 0 aromatic heterocycles. The molecule has 200 valence electrons. The zero-order valence-electron chi connectivity index (χ0n) is 21.6. The van der Waals surface area contributed by atoms with Crippen molar-refractivity contribution < 1.29 is 47.4 Å². The highest BCUT2D eigenvalue weighted by atomic mass is 31.1. The Bertz CT molecular complexity index is 644. The molecule has 0 spiro atoms. The average molecular weight is 529 g/mol. The van der Waals surface area contributed by atoms with Crippen LogP contribution in [0.4, 0.5) is 0 Å². The number of esters is 2. The Kier molecular flexibility index (Phi) is 16.1. The van der Waals surface area contributed by atoms with E-state index in [1.54, 1.807) is 0 Å². The molecule has 0 saturated carbocycles. The smallest absolute Gasteiger partial charge is 0.331 e. The van der Waals surface area contributed by atoms with Crippen LogP contribution >= 0.6 is 15.6 Å². The van der Waals surface area contributed by atoms with Gasteiger partial charge in [0.25, 0.3) is 0 Å². The van der Waals surface area contributed by atoms with Gasteiger partial charge in [0.1, 0.15) is 13.2 Å². The molecule has 12 heteroatoms. The van der Waals surface area contributed by atoms with E-state index in [0.717, 1.165) is 12.2 Å². The first-order valence-corrected chi connectivity index (χ1v) is 15.0. The van der Waals surface area contributed by atoms with Crippen LogP contribution in [0.5, 0.6) is 0 Å². The maximum Gasteiger partial charge on any atom is 0.331 e. The summed E-state index contributed by atoms with van der Waals surface area (Å²) < 4.78 is 36.7. The van der Waals surface area contributed by atoms with E-state index in [-0.39, 0.29) is 39.3 Å². The van der Waals surface area contributed by atoms with Crippen LogP contribution in [0.2, 0.25) is 0 Å². The van der Waals surface area contributed by atoms with E-state index in [1.807, 2.05) is 42.3 Å². The minimum atomic E-state index is -2.06. The zero-order valence-corrected chi connectivity index (χ0v) is 23.6. The second-order valence-electron chi connectivity index (χ2n) is 10.5. The lowest BCUT2D eigenvalue weighted by molar-refractivity contribution is -0.867. The van der Waals surface area contributed by atoms with E-state index < -0.39 is 38.9 Å². The van der Waals surface area contributed by atoms with Gasteiger partial charge in [0.05, 0.1) is 71.0 Å².